The van der Waals surface area contributed by atoms with Crippen LogP contribution in [0.5, 0.6) is 0 Å². The Morgan fingerprint density at radius 2 is 2.35 bits per heavy atom. The first-order valence-electron chi connectivity index (χ1n) is 5.53. The average molecular weight is 323 g/mol. The van der Waals surface area contributed by atoms with Crippen LogP contribution in [0.15, 0.2) is 18.2 Å². The molecular weight excluding hydrogens is 308 g/mol. The lowest BCUT2D eigenvalue weighted by atomic mass is 10.1. The van der Waals surface area contributed by atoms with E-state index >= 15 is 0 Å². The van der Waals surface area contributed by atoms with Gasteiger partial charge in [0.25, 0.3) is 0 Å². The minimum absolute atomic E-state index is 0.239. The summed E-state index contributed by atoms with van der Waals surface area (Å²) < 4.78 is 19.1. The summed E-state index contributed by atoms with van der Waals surface area (Å²) in [5, 5.41) is 1.31. The molecule has 0 radical (unpaired) electrons. The highest BCUT2D eigenvalue weighted by Gasteiger charge is 2.23. The summed E-state index contributed by atoms with van der Waals surface area (Å²) in [6, 6.07) is 5.08. The normalized spacial score (nSPS) is 21.7. The minimum Gasteiger partial charge on any atom is -0.378 e. The monoisotopic (exact) mass is 321 g/mol. The molecule has 1 heterocycles. The van der Waals surface area contributed by atoms with E-state index in [0.717, 1.165) is 11.9 Å². The maximum atomic E-state index is 13.7. The van der Waals surface area contributed by atoms with Gasteiger partial charge in [-0.05, 0) is 12.1 Å². The highest BCUT2D eigenvalue weighted by atomic mass is 79.9. The van der Waals surface area contributed by atoms with Gasteiger partial charge in [-0.25, -0.2) is 4.39 Å². The molecule has 1 atom stereocenters. The Hall–Kier alpha value is -0.160. The van der Waals surface area contributed by atoms with Crippen LogP contribution < -0.4 is 0 Å². The first-order valence-corrected chi connectivity index (χ1v) is 7.03. The van der Waals surface area contributed by atoms with Gasteiger partial charge >= 0.3 is 0 Å². The van der Waals surface area contributed by atoms with Crippen LogP contribution in [0, 0.1) is 5.82 Å². The number of nitrogens with zero attached hydrogens (tertiary/aromatic N) is 1. The lowest BCUT2D eigenvalue weighted by Crippen LogP contribution is -2.45. The zero-order chi connectivity index (χ0) is 12.3. The van der Waals surface area contributed by atoms with E-state index in [9.17, 15) is 4.39 Å². The number of ether oxygens (including phenoxy) is 1. The van der Waals surface area contributed by atoms with Crippen molar-refractivity contribution in [3.63, 3.8) is 0 Å². The fourth-order valence-electron chi connectivity index (χ4n) is 1.93. The van der Waals surface area contributed by atoms with Crippen molar-refractivity contribution < 1.29 is 9.13 Å². The van der Waals surface area contributed by atoms with Crippen molar-refractivity contribution in [3.8, 4) is 0 Å². The second kappa shape index (κ2) is 6.14. The summed E-state index contributed by atoms with van der Waals surface area (Å²) in [5.41, 5.74) is 0.571. The highest BCUT2D eigenvalue weighted by Crippen LogP contribution is 2.23. The van der Waals surface area contributed by atoms with E-state index in [1.54, 1.807) is 12.1 Å². The Morgan fingerprint density at radius 3 is 3.06 bits per heavy atom. The maximum absolute atomic E-state index is 13.7. The van der Waals surface area contributed by atoms with Crippen molar-refractivity contribution >= 4 is 27.5 Å². The number of morpholine rings is 1. The predicted octanol–water partition coefficient (Wildman–Crippen LogP) is 3.07. The van der Waals surface area contributed by atoms with Crippen LogP contribution >= 0.6 is 27.5 Å². The van der Waals surface area contributed by atoms with Gasteiger partial charge in [0, 0.05) is 35.0 Å². The number of hydrogen-bond acceptors (Lipinski definition) is 2. The molecule has 0 spiro atoms. The number of alkyl halides is 1. The number of hydrogen-bond donors (Lipinski definition) is 0. The minimum atomic E-state index is -0.239. The second-order valence-corrected chi connectivity index (χ2v) is 5.11. The van der Waals surface area contributed by atoms with Crippen LogP contribution in [-0.2, 0) is 11.3 Å². The molecule has 1 fully saturated rings. The van der Waals surface area contributed by atoms with E-state index in [-0.39, 0.29) is 11.9 Å². The largest absolute Gasteiger partial charge is 0.378 e. The van der Waals surface area contributed by atoms with Crippen molar-refractivity contribution in [2.24, 2.45) is 0 Å². The van der Waals surface area contributed by atoms with Crippen LogP contribution in [0.25, 0.3) is 0 Å². The molecular formula is C12H14BrClFNO. The zero-order valence-electron chi connectivity index (χ0n) is 9.33. The smallest absolute Gasteiger partial charge is 0.129 e. The summed E-state index contributed by atoms with van der Waals surface area (Å²) in [6.45, 7) is 2.71. The lowest BCUT2D eigenvalue weighted by Gasteiger charge is -2.34. The van der Waals surface area contributed by atoms with Gasteiger partial charge in [-0.2, -0.15) is 0 Å². The molecule has 0 aliphatic carbocycles. The summed E-state index contributed by atoms with van der Waals surface area (Å²) in [6.07, 6.45) is 0. The van der Waals surface area contributed by atoms with Gasteiger partial charge in [-0.15, -0.1) is 0 Å². The van der Waals surface area contributed by atoms with Crippen LogP contribution in [0.3, 0.4) is 0 Å². The Bertz CT molecular complexity index is 371. The fourth-order valence-corrected chi connectivity index (χ4v) is 2.75. The van der Waals surface area contributed by atoms with Crippen molar-refractivity contribution in [2.75, 3.05) is 25.1 Å². The molecule has 1 aliphatic heterocycles. The third-order valence-electron chi connectivity index (χ3n) is 2.95. The van der Waals surface area contributed by atoms with Crippen molar-refractivity contribution in [3.05, 3.63) is 34.6 Å². The summed E-state index contributed by atoms with van der Waals surface area (Å²) in [5.74, 6) is -0.239. The third-order valence-corrected chi connectivity index (χ3v) is 4.05. The van der Waals surface area contributed by atoms with Crippen molar-refractivity contribution in [1.82, 2.24) is 4.90 Å². The molecule has 1 unspecified atom stereocenters. The molecule has 94 valence electrons. The predicted molar refractivity (Wildman–Crippen MR) is 70.2 cm³/mol. The van der Waals surface area contributed by atoms with Gasteiger partial charge in [0.2, 0.25) is 0 Å². The Kier molecular flexibility index (Phi) is 4.79. The van der Waals surface area contributed by atoms with Crippen molar-refractivity contribution in [2.45, 2.75) is 12.6 Å². The molecule has 0 saturated carbocycles. The molecule has 5 heteroatoms. The molecule has 1 aromatic carbocycles. The van der Waals surface area contributed by atoms with Gasteiger partial charge in [-0.1, -0.05) is 33.6 Å². The Morgan fingerprint density at radius 1 is 1.53 bits per heavy atom. The van der Waals surface area contributed by atoms with E-state index < -0.39 is 0 Å². The van der Waals surface area contributed by atoms with Gasteiger partial charge in [-0.3, -0.25) is 4.90 Å². The fraction of sp³-hybridized carbons (Fsp3) is 0.500. The summed E-state index contributed by atoms with van der Waals surface area (Å²) in [4.78, 5) is 2.20. The number of benzene rings is 1. The molecule has 1 saturated heterocycles. The summed E-state index contributed by atoms with van der Waals surface area (Å²) >= 11 is 9.48. The highest BCUT2D eigenvalue weighted by molar-refractivity contribution is 9.09. The molecule has 1 aromatic rings. The van der Waals surface area contributed by atoms with E-state index in [2.05, 4.69) is 20.8 Å². The number of rotatable bonds is 3. The third kappa shape index (κ3) is 3.19. The topological polar surface area (TPSA) is 12.5 Å². The molecule has 0 N–H and O–H groups in total. The molecule has 2 rings (SSSR count). The quantitative estimate of drug-likeness (QED) is 0.793. The van der Waals surface area contributed by atoms with E-state index in [0.29, 0.717) is 30.3 Å². The van der Waals surface area contributed by atoms with Crippen LogP contribution in [0.2, 0.25) is 5.02 Å². The summed E-state index contributed by atoms with van der Waals surface area (Å²) in [7, 11) is 0. The molecule has 17 heavy (non-hydrogen) atoms. The average Bonchev–Trinajstić information content (AvgIpc) is 2.34. The molecule has 0 amide bonds. The van der Waals surface area contributed by atoms with Crippen molar-refractivity contribution in [1.29, 1.82) is 0 Å². The van der Waals surface area contributed by atoms with E-state index in [1.165, 1.54) is 6.07 Å². The first-order chi connectivity index (χ1) is 8.22. The van der Waals surface area contributed by atoms with Gasteiger partial charge in [0.05, 0.1) is 13.2 Å². The van der Waals surface area contributed by atoms with E-state index in [1.807, 2.05) is 0 Å². The van der Waals surface area contributed by atoms with Gasteiger partial charge in [0.15, 0.2) is 0 Å². The van der Waals surface area contributed by atoms with Crippen LogP contribution in [-0.4, -0.2) is 36.0 Å². The lowest BCUT2D eigenvalue weighted by molar-refractivity contribution is -0.00254. The first kappa shape index (κ1) is 13.3. The van der Waals surface area contributed by atoms with Gasteiger partial charge < -0.3 is 4.74 Å². The SMILES string of the molecule is Fc1cccc(Cl)c1CN1CCOCC1CBr. The maximum Gasteiger partial charge on any atom is 0.129 e. The van der Waals surface area contributed by atoms with E-state index in [4.69, 9.17) is 16.3 Å². The Balaban J connectivity index is 2.13. The molecule has 2 nitrogen and oxygen atoms in total. The van der Waals surface area contributed by atoms with Crippen LogP contribution in [0.4, 0.5) is 4.39 Å². The molecule has 0 aromatic heterocycles. The van der Waals surface area contributed by atoms with Gasteiger partial charge in [0.1, 0.15) is 5.82 Å². The Labute approximate surface area is 114 Å². The van der Waals surface area contributed by atoms with Crippen LogP contribution in [0.1, 0.15) is 5.56 Å². The second-order valence-electron chi connectivity index (χ2n) is 4.05. The standard InChI is InChI=1S/C12H14BrClFNO/c13-6-9-8-17-5-4-16(9)7-10-11(14)2-1-3-12(10)15/h1-3,9H,4-8H2. The zero-order valence-corrected chi connectivity index (χ0v) is 11.7. The molecule has 1 aliphatic rings. The number of halogens is 3. The molecule has 0 bridgehead atoms.